The molecule has 0 radical (unpaired) electrons. The first-order chi connectivity index (χ1) is 9.34. The minimum Gasteiger partial charge on any atom is -0.399 e. The normalized spacial score (nSPS) is 20.9. The van der Waals surface area contributed by atoms with Crippen LogP contribution in [0.1, 0.15) is 31.2 Å². The molecule has 3 rings (SSSR count). The van der Waals surface area contributed by atoms with E-state index in [1.54, 1.807) is 0 Å². The van der Waals surface area contributed by atoms with Gasteiger partial charge in [-0.15, -0.1) is 0 Å². The van der Waals surface area contributed by atoms with Crippen LogP contribution in [0.15, 0.2) is 17.0 Å². The van der Waals surface area contributed by atoms with Crippen LogP contribution >= 0.6 is 0 Å². The Hall–Kier alpha value is -1.14. The topological polar surface area (TPSA) is 72.2 Å². The zero-order valence-electron chi connectivity index (χ0n) is 11.4. The van der Waals surface area contributed by atoms with Gasteiger partial charge < -0.3 is 5.73 Å². The van der Waals surface area contributed by atoms with Crippen molar-refractivity contribution >= 4 is 15.7 Å². The Morgan fingerprint density at radius 3 is 2.60 bits per heavy atom. The minimum atomic E-state index is -3.70. The molecule has 2 aliphatic rings. The highest BCUT2D eigenvalue weighted by molar-refractivity contribution is 7.89. The molecule has 110 valence electrons. The largest absolute Gasteiger partial charge is 0.399 e. The summed E-state index contributed by atoms with van der Waals surface area (Å²) in [6, 6.07) is 2.46. The summed E-state index contributed by atoms with van der Waals surface area (Å²) < 4.78 is 41.0. The Kier molecular flexibility index (Phi) is 3.06. The van der Waals surface area contributed by atoms with Crippen molar-refractivity contribution in [2.24, 2.45) is 11.3 Å². The summed E-state index contributed by atoms with van der Waals surface area (Å²) in [6.45, 7) is 1.91. The van der Waals surface area contributed by atoms with E-state index < -0.39 is 15.8 Å². The third-order valence-corrected chi connectivity index (χ3v) is 6.09. The first kappa shape index (κ1) is 13.8. The second-order valence-electron chi connectivity index (χ2n) is 6.09. The standard InChI is InChI=1S/C14H19FN2O2S/c1-9-12(15)6-11(16)7-13(9)20(18,19)17-8-14(4-5-14)10-2-3-10/h6-7,10,17H,2-5,8,16H2,1H3. The molecular formula is C14H19FN2O2S. The summed E-state index contributed by atoms with van der Waals surface area (Å²) in [4.78, 5) is -0.0541. The number of hydrogen-bond donors (Lipinski definition) is 2. The molecule has 3 N–H and O–H groups in total. The van der Waals surface area contributed by atoms with Gasteiger partial charge in [-0.1, -0.05) is 0 Å². The van der Waals surface area contributed by atoms with Crippen molar-refractivity contribution in [3.63, 3.8) is 0 Å². The monoisotopic (exact) mass is 298 g/mol. The van der Waals surface area contributed by atoms with E-state index in [1.807, 2.05) is 0 Å². The van der Waals surface area contributed by atoms with Crippen molar-refractivity contribution in [1.82, 2.24) is 4.72 Å². The molecule has 0 atom stereocenters. The molecule has 1 aromatic carbocycles. The molecule has 6 heteroatoms. The number of hydrogen-bond acceptors (Lipinski definition) is 3. The average Bonchev–Trinajstić information content (AvgIpc) is 3.24. The maximum Gasteiger partial charge on any atom is 0.241 e. The summed E-state index contributed by atoms with van der Waals surface area (Å²) in [7, 11) is -3.70. The predicted octanol–water partition coefficient (Wildman–Crippen LogP) is 2.18. The van der Waals surface area contributed by atoms with E-state index in [0.29, 0.717) is 12.5 Å². The van der Waals surface area contributed by atoms with Crippen molar-refractivity contribution < 1.29 is 12.8 Å². The molecule has 1 aromatic rings. The second kappa shape index (κ2) is 4.43. The van der Waals surface area contributed by atoms with Crippen LogP contribution < -0.4 is 10.5 Å². The molecule has 0 aliphatic heterocycles. The zero-order chi connectivity index (χ0) is 14.5. The van der Waals surface area contributed by atoms with E-state index in [9.17, 15) is 12.8 Å². The third kappa shape index (κ3) is 2.42. The number of sulfonamides is 1. The van der Waals surface area contributed by atoms with Crippen molar-refractivity contribution in [1.29, 1.82) is 0 Å². The van der Waals surface area contributed by atoms with Crippen molar-refractivity contribution in [2.75, 3.05) is 12.3 Å². The highest BCUT2D eigenvalue weighted by Gasteiger charge is 2.53. The SMILES string of the molecule is Cc1c(F)cc(N)cc1S(=O)(=O)NCC1(C2CC2)CC1. The van der Waals surface area contributed by atoms with E-state index in [0.717, 1.165) is 18.9 Å². The Morgan fingerprint density at radius 2 is 2.05 bits per heavy atom. The zero-order valence-corrected chi connectivity index (χ0v) is 12.3. The van der Waals surface area contributed by atoms with Crippen molar-refractivity contribution in [3.05, 3.63) is 23.5 Å². The molecule has 2 fully saturated rings. The number of nitrogens with one attached hydrogen (secondary N) is 1. The summed E-state index contributed by atoms with van der Waals surface area (Å²) in [5.74, 6) is 0.0811. The van der Waals surface area contributed by atoms with Crippen LogP contribution in [0.3, 0.4) is 0 Å². The van der Waals surface area contributed by atoms with Gasteiger partial charge in [-0.3, -0.25) is 0 Å². The van der Waals surface area contributed by atoms with Gasteiger partial charge >= 0.3 is 0 Å². The van der Waals surface area contributed by atoms with E-state index in [1.165, 1.54) is 25.8 Å². The maximum atomic E-state index is 13.6. The van der Waals surface area contributed by atoms with Gasteiger partial charge in [0.1, 0.15) is 5.82 Å². The highest BCUT2D eigenvalue weighted by Crippen LogP contribution is 2.60. The van der Waals surface area contributed by atoms with Crippen LogP contribution in [0.25, 0.3) is 0 Å². The summed E-state index contributed by atoms with van der Waals surface area (Å²) in [5, 5.41) is 0. The van der Waals surface area contributed by atoms with Gasteiger partial charge in [0.05, 0.1) is 4.90 Å². The van der Waals surface area contributed by atoms with Crippen molar-refractivity contribution in [3.8, 4) is 0 Å². The fourth-order valence-corrected chi connectivity index (χ4v) is 4.28. The Labute approximate surface area is 118 Å². The van der Waals surface area contributed by atoms with Gasteiger partial charge in [0.25, 0.3) is 0 Å². The molecular weight excluding hydrogens is 279 g/mol. The number of nitrogen functional groups attached to an aromatic ring is 1. The second-order valence-corrected chi connectivity index (χ2v) is 7.82. The summed E-state index contributed by atoms with van der Waals surface area (Å²) in [5.41, 5.74) is 5.95. The number of halogens is 1. The van der Waals surface area contributed by atoms with Crippen LogP contribution in [-0.2, 0) is 10.0 Å². The highest BCUT2D eigenvalue weighted by atomic mass is 32.2. The number of anilines is 1. The van der Waals surface area contributed by atoms with E-state index in [-0.39, 0.29) is 21.6 Å². The smallest absolute Gasteiger partial charge is 0.241 e. The molecule has 4 nitrogen and oxygen atoms in total. The minimum absolute atomic E-state index is 0.0541. The molecule has 2 aliphatic carbocycles. The lowest BCUT2D eigenvalue weighted by atomic mass is 10.0. The Balaban J connectivity index is 1.81. The summed E-state index contributed by atoms with van der Waals surface area (Å²) in [6.07, 6.45) is 4.58. The average molecular weight is 298 g/mol. The maximum absolute atomic E-state index is 13.6. The molecule has 2 saturated carbocycles. The van der Waals surface area contributed by atoms with Crippen LogP contribution in [0.4, 0.5) is 10.1 Å². The van der Waals surface area contributed by atoms with Gasteiger partial charge in [-0.05, 0) is 56.1 Å². The van der Waals surface area contributed by atoms with E-state index in [4.69, 9.17) is 5.73 Å². The fourth-order valence-electron chi connectivity index (χ4n) is 2.85. The van der Waals surface area contributed by atoms with Crippen LogP contribution in [-0.4, -0.2) is 15.0 Å². The molecule has 0 amide bonds. The van der Waals surface area contributed by atoms with E-state index in [2.05, 4.69) is 4.72 Å². The molecule has 0 heterocycles. The predicted molar refractivity (Wildman–Crippen MR) is 75.1 cm³/mol. The molecule has 0 saturated heterocycles. The van der Waals surface area contributed by atoms with Gasteiger partial charge in [0, 0.05) is 17.8 Å². The van der Waals surface area contributed by atoms with Crippen LogP contribution in [0.5, 0.6) is 0 Å². The van der Waals surface area contributed by atoms with Gasteiger partial charge in [-0.25, -0.2) is 17.5 Å². The lowest BCUT2D eigenvalue weighted by Crippen LogP contribution is -2.31. The van der Waals surface area contributed by atoms with Crippen LogP contribution in [0.2, 0.25) is 0 Å². The third-order valence-electron chi connectivity index (χ3n) is 4.56. The lowest BCUT2D eigenvalue weighted by Gasteiger charge is -2.16. The van der Waals surface area contributed by atoms with Gasteiger partial charge in [0.2, 0.25) is 10.0 Å². The number of benzene rings is 1. The van der Waals surface area contributed by atoms with Gasteiger partial charge in [-0.2, -0.15) is 0 Å². The van der Waals surface area contributed by atoms with Crippen molar-refractivity contribution in [2.45, 2.75) is 37.5 Å². The first-order valence-corrected chi connectivity index (χ1v) is 8.38. The van der Waals surface area contributed by atoms with Crippen LogP contribution in [0, 0.1) is 24.1 Å². The Bertz CT molecular complexity index is 649. The molecule has 0 bridgehead atoms. The quantitative estimate of drug-likeness (QED) is 0.818. The molecule has 0 unspecified atom stereocenters. The molecule has 0 aromatic heterocycles. The Morgan fingerprint density at radius 1 is 1.40 bits per heavy atom. The fraction of sp³-hybridized carbons (Fsp3) is 0.571. The van der Waals surface area contributed by atoms with Gasteiger partial charge in [0.15, 0.2) is 0 Å². The molecule has 20 heavy (non-hydrogen) atoms. The first-order valence-electron chi connectivity index (χ1n) is 6.89. The summed E-state index contributed by atoms with van der Waals surface area (Å²) >= 11 is 0. The number of rotatable bonds is 5. The lowest BCUT2D eigenvalue weighted by molar-refractivity contribution is 0.431. The molecule has 0 spiro atoms. The van der Waals surface area contributed by atoms with E-state index >= 15 is 0 Å². The number of nitrogens with two attached hydrogens (primary N) is 1.